The average Bonchev–Trinajstić information content (AvgIpc) is 3.24. The lowest BCUT2D eigenvalue weighted by atomic mass is 9.95. The highest BCUT2D eigenvalue weighted by Gasteiger charge is 2.31. The standard InChI is InChI=1S/C26H33FN4O4/c1-18-16-19(27)6-7-23(18)35-20-8-10-29(11-9-20)24(32)17-31-22-5-3-2-4-21(22)25(28-31)26(33)30-12-14-34-15-13-30/h6-7,16,20H,2-5,8-15,17H2,1H3. The number of halogens is 1. The molecule has 0 saturated carbocycles. The van der Waals surface area contributed by atoms with Crippen LogP contribution in [-0.2, 0) is 28.9 Å². The largest absolute Gasteiger partial charge is 0.490 e. The molecule has 9 heteroatoms. The summed E-state index contributed by atoms with van der Waals surface area (Å²) in [4.78, 5) is 30.0. The summed E-state index contributed by atoms with van der Waals surface area (Å²) in [5.41, 5.74) is 3.33. The van der Waals surface area contributed by atoms with Gasteiger partial charge in [-0.15, -0.1) is 0 Å². The molecule has 188 valence electrons. The maximum Gasteiger partial charge on any atom is 0.274 e. The Bertz CT molecular complexity index is 1090. The fourth-order valence-corrected chi connectivity index (χ4v) is 5.27. The van der Waals surface area contributed by atoms with E-state index in [0.717, 1.165) is 55.3 Å². The molecule has 5 rings (SSSR count). The van der Waals surface area contributed by atoms with Gasteiger partial charge in [0.05, 0.1) is 13.2 Å². The van der Waals surface area contributed by atoms with E-state index in [0.29, 0.717) is 50.8 Å². The summed E-state index contributed by atoms with van der Waals surface area (Å²) >= 11 is 0. The number of aryl methyl sites for hydroxylation is 1. The Kier molecular flexibility index (Phi) is 7.04. The van der Waals surface area contributed by atoms with Crippen molar-refractivity contribution < 1.29 is 23.5 Å². The summed E-state index contributed by atoms with van der Waals surface area (Å²) in [7, 11) is 0. The Hall–Kier alpha value is -2.94. The highest BCUT2D eigenvalue weighted by Crippen LogP contribution is 2.27. The van der Waals surface area contributed by atoms with Gasteiger partial charge in [0.15, 0.2) is 5.69 Å². The number of piperidine rings is 1. The van der Waals surface area contributed by atoms with Crippen molar-refractivity contribution in [3.8, 4) is 5.75 Å². The lowest BCUT2D eigenvalue weighted by Gasteiger charge is -2.32. The number of fused-ring (bicyclic) bond motifs is 1. The van der Waals surface area contributed by atoms with Gasteiger partial charge in [0.2, 0.25) is 5.91 Å². The number of benzene rings is 1. The van der Waals surface area contributed by atoms with Gasteiger partial charge in [-0.2, -0.15) is 5.10 Å². The van der Waals surface area contributed by atoms with Crippen molar-refractivity contribution in [1.82, 2.24) is 19.6 Å². The Morgan fingerprint density at radius 2 is 1.83 bits per heavy atom. The summed E-state index contributed by atoms with van der Waals surface area (Å²) in [6.45, 7) is 5.45. The van der Waals surface area contributed by atoms with E-state index in [1.807, 2.05) is 11.8 Å². The molecule has 2 aliphatic heterocycles. The fourth-order valence-electron chi connectivity index (χ4n) is 5.27. The van der Waals surface area contributed by atoms with Gasteiger partial charge >= 0.3 is 0 Å². The van der Waals surface area contributed by atoms with Gasteiger partial charge in [-0.25, -0.2) is 4.39 Å². The second kappa shape index (κ2) is 10.4. The molecule has 1 aromatic carbocycles. The third-order valence-corrected chi connectivity index (χ3v) is 7.27. The van der Waals surface area contributed by atoms with E-state index in [-0.39, 0.29) is 30.3 Å². The van der Waals surface area contributed by atoms with Gasteiger partial charge in [0, 0.05) is 50.3 Å². The first-order valence-corrected chi connectivity index (χ1v) is 12.7. The number of morpholine rings is 1. The molecule has 3 aliphatic rings. The van der Waals surface area contributed by atoms with Crippen molar-refractivity contribution >= 4 is 11.8 Å². The van der Waals surface area contributed by atoms with Gasteiger partial charge in [-0.3, -0.25) is 14.3 Å². The first kappa shape index (κ1) is 23.8. The monoisotopic (exact) mass is 484 g/mol. The molecule has 8 nitrogen and oxygen atoms in total. The molecule has 3 heterocycles. The molecule has 35 heavy (non-hydrogen) atoms. The highest BCUT2D eigenvalue weighted by atomic mass is 19.1. The van der Waals surface area contributed by atoms with Crippen LogP contribution < -0.4 is 4.74 Å². The summed E-state index contributed by atoms with van der Waals surface area (Å²) in [6, 6.07) is 4.54. The summed E-state index contributed by atoms with van der Waals surface area (Å²) in [6.07, 6.45) is 5.21. The van der Waals surface area contributed by atoms with Crippen molar-refractivity contribution in [3.05, 3.63) is 46.5 Å². The van der Waals surface area contributed by atoms with Crippen LogP contribution in [0.5, 0.6) is 5.75 Å². The first-order chi connectivity index (χ1) is 17.0. The predicted molar refractivity (Wildman–Crippen MR) is 127 cm³/mol. The second-order valence-corrected chi connectivity index (χ2v) is 9.65. The molecular weight excluding hydrogens is 451 g/mol. The number of carbonyl (C=O) groups excluding carboxylic acids is 2. The molecule has 0 unspecified atom stereocenters. The Labute approximate surface area is 205 Å². The van der Waals surface area contributed by atoms with Gasteiger partial charge in [-0.1, -0.05) is 0 Å². The molecule has 2 saturated heterocycles. The van der Waals surface area contributed by atoms with Crippen molar-refractivity contribution in [2.45, 2.75) is 58.1 Å². The number of hydrogen-bond donors (Lipinski definition) is 0. The van der Waals surface area contributed by atoms with Crippen LogP contribution in [0.1, 0.15) is 53.0 Å². The Morgan fingerprint density at radius 1 is 1.09 bits per heavy atom. The lowest BCUT2D eigenvalue weighted by molar-refractivity contribution is -0.133. The Balaban J connectivity index is 1.22. The van der Waals surface area contributed by atoms with Gasteiger partial charge in [-0.05, 0) is 56.4 Å². The molecule has 0 radical (unpaired) electrons. The van der Waals surface area contributed by atoms with E-state index in [9.17, 15) is 14.0 Å². The van der Waals surface area contributed by atoms with E-state index in [1.54, 1.807) is 15.6 Å². The molecule has 0 N–H and O–H groups in total. The smallest absolute Gasteiger partial charge is 0.274 e. The number of aromatic nitrogens is 2. The zero-order valence-corrected chi connectivity index (χ0v) is 20.3. The molecule has 2 aromatic rings. The number of rotatable bonds is 5. The van der Waals surface area contributed by atoms with Crippen molar-refractivity contribution in [2.24, 2.45) is 0 Å². The number of hydrogen-bond acceptors (Lipinski definition) is 5. The highest BCUT2D eigenvalue weighted by molar-refractivity contribution is 5.94. The first-order valence-electron chi connectivity index (χ1n) is 12.7. The third kappa shape index (κ3) is 5.19. The molecule has 2 fully saturated rings. The average molecular weight is 485 g/mol. The number of amides is 2. The van der Waals surface area contributed by atoms with Crippen LogP contribution >= 0.6 is 0 Å². The van der Waals surface area contributed by atoms with Gasteiger partial charge < -0.3 is 19.3 Å². The van der Waals surface area contributed by atoms with Crippen LogP contribution in [0, 0.1) is 12.7 Å². The topological polar surface area (TPSA) is 76.9 Å². The normalized spacial score (nSPS) is 18.9. The van der Waals surface area contributed by atoms with Crippen LogP contribution in [-0.4, -0.2) is 76.9 Å². The van der Waals surface area contributed by atoms with Crippen molar-refractivity contribution in [3.63, 3.8) is 0 Å². The summed E-state index contributed by atoms with van der Waals surface area (Å²) in [5, 5.41) is 4.67. The number of carbonyl (C=O) groups is 2. The molecule has 2 amide bonds. The molecule has 0 bridgehead atoms. The van der Waals surface area contributed by atoms with E-state index in [1.165, 1.54) is 12.1 Å². The summed E-state index contributed by atoms with van der Waals surface area (Å²) < 4.78 is 26.6. The number of nitrogens with zero attached hydrogens (tertiary/aromatic N) is 4. The van der Waals surface area contributed by atoms with Crippen LogP contribution in [0.25, 0.3) is 0 Å². The lowest BCUT2D eigenvalue weighted by Crippen LogP contribution is -2.43. The van der Waals surface area contributed by atoms with E-state index in [2.05, 4.69) is 5.10 Å². The van der Waals surface area contributed by atoms with E-state index in [4.69, 9.17) is 9.47 Å². The molecule has 1 aromatic heterocycles. The molecule has 1 aliphatic carbocycles. The summed E-state index contributed by atoms with van der Waals surface area (Å²) in [5.74, 6) is 0.386. The quantitative estimate of drug-likeness (QED) is 0.652. The number of ether oxygens (including phenoxy) is 2. The zero-order chi connectivity index (χ0) is 24.4. The minimum atomic E-state index is -0.272. The minimum absolute atomic E-state index is 0.00146. The fraction of sp³-hybridized carbons (Fsp3) is 0.577. The van der Waals surface area contributed by atoms with Gasteiger partial charge in [0.1, 0.15) is 24.2 Å². The van der Waals surface area contributed by atoms with E-state index >= 15 is 0 Å². The predicted octanol–water partition coefficient (Wildman–Crippen LogP) is 2.75. The zero-order valence-electron chi connectivity index (χ0n) is 20.3. The van der Waals surface area contributed by atoms with Crippen molar-refractivity contribution in [1.29, 1.82) is 0 Å². The van der Waals surface area contributed by atoms with Crippen LogP contribution in [0.2, 0.25) is 0 Å². The van der Waals surface area contributed by atoms with E-state index < -0.39 is 0 Å². The maximum absolute atomic E-state index is 13.4. The SMILES string of the molecule is Cc1cc(F)ccc1OC1CCN(C(=O)Cn2nc(C(=O)N3CCOCC3)c3c2CCCC3)CC1. The molecule has 0 atom stereocenters. The second-order valence-electron chi connectivity index (χ2n) is 9.65. The van der Waals surface area contributed by atoms with Crippen LogP contribution in [0.3, 0.4) is 0 Å². The Morgan fingerprint density at radius 3 is 2.57 bits per heavy atom. The van der Waals surface area contributed by atoms with Crippen LogP contribution in [0.15, 0.2) is 18.2 Å². The van der Waals surface area contributed by atoms with Crippen molar-refractivity contribution in [2.75, 3.05) is 39.4 Å². The molecular formula is C26H33FN4O4. The van der Waals surface area contributed by atoms with Gasteiger partial charge in [0.25, 0.3) is 5.91 Å². The maximum atomic E-state index is 13.4. The molecule has 0 spiro atoms. The number of likely N-dealkylation sites (tertiary alicyclic amines) is 1. The third-order valence-electron chi connectivity index (χ3n) is 7.27. The van der Waals surface area contributed by atoms with Crippen LogP contribution in [0.4, 0.5) is 4.39 Å². The minimum Gasteiger partial charge on any atom is -0.490 e.